The molecular weight excluding hydrogens is 346 g/mol. The maximum atomic E-state index is 13.0. The van der Waals surface area contributed by atoms with Gasteiger partial charge < -0.3 is 0 Å². The number of H-pyrrole nitrogens is 1. The summed E-state index contributed by atoms with van der Waals surface area (Å²) < 4.78 is 27.6. The number of hydrogen-bond acceptors (Lipinski definition) is 5. The summed E-state index contributed by atoms with van der Waals surface area (Å²) in [5.41, 5.74) is 2.57. The SMILES string of the molecule is Cc1cc(-c2ccc(=O)[nH]n2)cc(S(=O)(=O)N2CCSCC2)c1C. The van der Waals surface area contributed by atoms with Crippen LogP contribution in [0.25, 0.3) is 11.3 Å². The second-order valence-electron chi connectivity index (χ2n) is 5.74. The first-order chi connectivity index (χ1) is 11.4. The van der Waals surface area contributed by atoms with Gasteiger partial charge in [0.05, 0.1) is 10.6 Å². The van der Waals surface area contributed by atoms with Gasteiger partial charge in [-0.05, 0) is 43.2 Å². The Morgan fingerprint density at radius 2 is 1.88 bits per heavy atom. The molecule has 0 amide bonds. The van der Waals surface area contributed by atoms with Gasteiger partial charge in [-0.2, -0.15) is 21.2 Å². The third-order valence-electron chi connectivity index (χ3n) is 4.18. The molecule has 1 N–H and O–H groups in total. The second-order valence-corrected chi connectivity index (χ2v) is 8.87. The highest BCUT2D eigenvalue weighted by Gasteiger charge is 2.28. The van der Waals surface area contributed by atoms with Gasteiger partial charge in [-0.3, -0.25) is 4.79 Å². The van der Waals surface area contributed by atoms with E-state index in [4.69, 9.17) is 0 Å². The van der Waals surface area contributed by atoms with Gasteiger partial charge in [-0.15, -0.1) is 0 Å². The molecule has 1 fully saturated rings. The molecule has 2 aromatic rings. The molecule has 0 aliphatic carbocycles. The quantitative estimate of drug-likeness (QED) is 0.897. The zero-order valence-electron chi connectivity index (χ0n) is 13.6. The van der Waals surface area contributed by atoms with E-state index in [2.05, 4.69) is 10.2 Å². The zero-order valence-corrected chi connectivity index (χ0v) is 15.2. The highest BCUT2D eigenvalue weighted by molar-refractivity contribution is 7.99. The molecule has 1 aromatic carbocycles. The molecule has 0 spiro atoms. The van der Waals surface area contributed by atoms with E-state index in [1.54, 1.807) is 28.2 Å². The average Bonchev–Trinajstić information content (AvgIpc) is 2.58. The minimum absolute atomic E-state index is 0.291. The van der Waals surface area contributed by atoms with Crippen LogP contribution in [0.4, 0.5) is 0 Å². The molecule has 3 rings (SSSR count). The Balaban J connectivity index is 2.10. The molecule has 6 nitrogen and oxygen atoms in total. The van der Waals surface area contributed by atoms with E-state index in [9.17, 15) is 13.2 Å². The Kier molecular flexibility index (Phi) is 4.80. The van der Waals surface area contributed by atoms with E-state index in [1.807, 2.05) is 19.9 Å². The number of benzene rings is 1. The van der Waals surface area contributed by atoms with Gasteiger partial charge >= 0.3 is 0 Å². The molecule has 1 aliphatic rings. The second kappa shape index (κ2) is 6.70. The van der Waals surface area contributed by atoms with Crippen LogP contribution in [-0.4, -0.2) is 47.5 Å². The number of sulfonamides is 1. The highest BCUT2D eigenvalue weighted by Crippen LogP contribution is 2.29. The van der Waals surface area contributed by atoms with E-state index >= 15 is 0 Å². The van der Waals surface area contributed by atoms with E-state index in [1.165, 1.54) is 6.07 Å². The fraction of sp³-hybridized carbons (Fsp3) is 0.375. The summed E-state index contributed by atoms with van der Waals surface area (Å²) >= 11 is 1.77. The predicted molar refractivity (Wildman–Crippen MR) is 95.9 cm³/mol. The van der Waals surface area contributed by atoms with Crippen LogP contribution in [0.1, 0.15) is 11.1 Å². The summed E-state index contributed by atoms with van der Waals surface area (Å²) in [5, 5.41) is 6.39. The van der Waals surface area contributed by atoms with Gasteiger partial charge in [0.2, 0.25) is 10.0 Å². The highest BCUT2D eigenvalue weighted by atomic mass is 32.2. The lowest BCUT2D eigenvalue weighted by Crippen LogP contribution is -2.38. The fourth-order valence-corrected chi connectivity index (χ4v) is 5.57. The number of thioether (sulfide) groups is 1. The van der Waals surface area contributed by atoms with Gasteiger partial charge in [-0.25, -0.2) is 13.5 Å². The van der Waals surface area contributed by atoms with Crippen LogP contribution < -0.4 is 5.56 Å². The van der Waals surface area contributed by atoms with Crippen molar-refractivity contribution in [1.29, 1.82) is 0 Å². The van der Waals surface area contributed by atoms with Crippen molar-refractivity contribution in [2.24, 2.45) is 0 Å². The number of nitrogens with one attached hydrogen (secondary N) is 1. The van der Waals surface area contributed by atoms with Crippen LogP contribution in [0, 0.1) is 13.8 Å². The number of aromatic nitrogens is 2. The van der Waals surface area contributed by atoms with Crippen LogP contribution >= 0.6 is 11.8 Å². The van der Waals surface area contributed by atoms with E-state index in [0.717, 1.165) is 22.6 Å². The predicted octanol–water partition coefficient (Wildman–Crippen LogP) is 1.79. The molecule has 2 heterocycles. The normalized spacial score (nSPS) is 16.2. The van der Waals surface area contributed by atoms with Gasteiger partial charge in [0.1, 0.15) is 0 Å². The van der Waals surface area contributed by atoms with Gasteiger partial charge in [0.15, 0.2) is 0 Å². The van der Waals surface area contributed by atoms with Crippen LogP contribution in [0.3, 0.4) is 0 Å². The molecule has 8 heteroatoms. The van der Waals surface area contributed by atoms with Crippen molar-refractivity contribution in [3.05, 3.63) is 45.7 Å². The summed E-state index contributed by atoms with van der Waals surface area (Å²) in [7, 11) is -3.53. The average molecular weight is 365 g/mol. The summed E-state index contributed by atoms with van der Waals surface area (Å²) in [6.07, 6.45) is 0. The lowest BCUT2D eigenvalue weighted by atomic mass is 10.0. The lowest BCUT2D eigenvalue weighted by molar-refractivity contribution is 0.443. The van der Waals surface area contributed by atoms with Crippen LogP contribution in [0.2, 0.25) is 0 Å². The third kappa shape index (κ3) is 3.26. The minimum Gasteiger partial charge on any atom is -0.268 e. The van der Waals surface area contributed by atoms with Gasteiger partial charge in [0, 0.05) is 36.2 Å². The summed E-state index contributed by atoms with van der Waals surface area (Å²) in [6, 6.07) is 6.52. The van der Waals surface area contributed by atoms with Crippen molar-refractivity contribution in [1.82, 2.24) is 14.5 Å². The Hall–Kier alpha value is -1.64. The number of aryl methyl sites for hydroxylation is 1. The van der Waals surface area contributed by atoms with Crippen molar-refractivity contribution in [2.45, 2.75) is 18.7 Å². The molecule has 24 heavy (non-hydrogen) atoms. The molecule has 1 saturated heterocycles. The number of rotatable bonds is 3. The number of aromatic amines is 1. The Morgan fingerprint density at radius 1 is 1.17 bits per heavy atom. The summed E-state index contributed by atoms with van der Waals surface area (Å²) in [4.78, 5) is 11.5. The maximum absolute atomic E-state index is 13.0. The topological polar surface area (TPSA) is 83.1 Å². The summed E-state index contributed by atoms with van der Waals surface area (Å²) in [6.45, 7) is 4.78. The first-order valence-electron chi connectivity index (χ1n) is 7.65. The van der Waals surface area contributed by atoms with Crippen molar-refractivity contribution in [3.63, 3.8) is 0 Å². The first-order valence-corrected chi connectivity index (χ1v) is 10.2. The largest absolute Gasteiger partial charge is 0.268 e. The van der Waals surface area contributed by atoms with Crippen LogP contribution in [-0.2, 0) is 10.0 Å². The number of hydrogen-bond donors (Lipinski definition) is 1. The first kappa shape index (κ1) is 17.2. The smallest absolute Gasteiger partial charge is 0.264 e. The molecule has 1 aliphatic heterocycles. The Bertz CT molecular complexity index is 896. The Morgan fingerprint density at radius 3 is 2.50 bits per heavy atom. The molecule has 128 valence electrons. The van der Waals surface area contributed by atoms with Crippen molar-refractivity contribution >= 4 is 21.8 Å². The van der Waals surface area contributed by atoms with Gasteiger partial charge in [-0.1, -0.05) is 0 Å². The third-order valence-corrected chi connectivity index (χ3v) is 7.15. The lowest BCUT2D eigenvalue weighted by Gasteiger charge is -2.27. The monoisotopic (exact) mass is 365 g/mol. The fourth-order valence-electron chi connectivity index (χ4n) is 2.67. The molecular formula is C16H19N3O3S2. The number of nitrogens with zero attached hydrogens (tertiary/aromatic N) is 2. The summed E-state index contributed by atoms with van der Waals surface area (Å²) in [5.74, 6) is 1.64. The standard InChI is InChI=1S/C16H19N3O3S2/c1-11-9-13(14-3-4-16(20)18-17-14)10-15(12(11)2)24(21,22)19-5-7-23-8-6-19/h3-4,9-10H,5-8H2,1-2H3,(H,18,20). The molecule has 0 radical (unpaired) electrons. The minimum atomic E-state index is -3.53. The molecule has 1 aromatic heterocycles. The van der Waals surface area contributed by atoms with Gasteiger partial charge in [0.25, 0.3) is 5.56 Å². The molecule has 0 saturated carbocycles. The molecule has 0 unspecified atom stereocenters. The molecule has 0 bridgehead atoms. The van der Waals surface area contributed by atoms with Crippen LogP contribution in [0.15, 0.2) is 34.0 Å². The van der Waals surface area contributed by atoms with E-state index in [-0.39, 0.29) is 5.56 Å². The van der Waals surface area contributed by atoms with E-state index < -0.39 is 10.0 Å². The Labute approximate surface area is 145 Å². The maximum Gasteiger partial charge on any atom is 0.264 e. The van der Waals surface area contributed by atoms with Crippen LogP contribution in [0.5, 0.6) is 0 Å². The van der Waals surface area contributed by atoms with Crippen molar-refractivity contribution in [2.75, 3.05) is 24.6 Å². The van der Waals surface area contributed by atoms with E-state index in [0.29, 0.717) is 29.2 Å². The zero-order chi connectivity index (χ0) is 17.3. The van der Waals surface area contributed by atoms with Crippen molar-refractivity contribution < 1.29 is 8.42 Å². The molecule has 0 atom stereocenters. The van der Waals surface area contributed by atoms with Crippen molar-refractivity contribution in [3.8, 4) is 11.3 Å².